The van der Waals surface area contributed by atoms with Crippen LogP contribution in [0.3, 0.4) is 0 Å². The minimum Gasteiger partial charge on any atom is -0.351 e. The van der Waals surface area contributed by atoms with Crippen molar-refractivity contribution in [2.24, 2.45) is 0 Å². The first-order valence-electron chi connectivity index (χ1n) is 14.7. The molecule has 1 N–H and O–H groups in total. The number of aryl methyl sites for hydroxylation is 1. The molecular formula is C32H38FN5O4S2. The van der Waals surface area contributed by atoms with Gasteiger partial charge in [-0.25, -0.2) is 36.2 Å². The number of nitrogens with one attached hydrogen (secondary N) is 1. The fraction of sp³-hybridized carbons (Fsp3) is 0.406. The first-order valence-corrected chi connectivity index (χ1v) is 18.4. The lowest BCUT2D eigenvalue weighted by Crippen LogP contribution is -2.36. The van der Waals surface area contributed by atoms with Crippen LogP contribution in [0.4, 0.5) is 10.3 Å². The topological polar surface area (TPSA) is 122 Å². The summed E-state index contributed by atoms with van der Waals surface area (Å²) in [7, 11) is -2.86. The maximum Gasteiger partial charge on any atom is 0.223 e. The van der Waals surface area contributed by atoms with Gasteiger partial charge in [0.25, 0.3) is 0 Å². The van der Waals surface area contributed by atoms with E-state index in [1.54, 1.807) is 12.3 Å². The summed E-state index contributed by atoms with van der Waals surface area (Å²) in [4.78, 5) is 16.4. The van der Waals surface area contributed by atoms with Gasteiger partial charge in [0.2, 0.25) is 5.95 Å². The van der Waals surface area contributed by atoms with Crippen molar-refractivity contribution in [2.45, 2.75) is 67.5 Å². The number of sulfone groups is 2. The van der Waals surface area contributed by atoms with E-state index >= 15 is 4.39 Å². The number of hydrogen-bond donors (Lipinski definition) is 1. The summed E-state index contributed by atoms with van der Waals surface area (Å²) in [5.74, 6) is -0.881. The zero-order chi connectivity index (χ0) is 31.6. The van der Waals surface area contributed by atoms with Gasteiger partial charge < -0.3 is 10.2 Å². The number of pyridine rings is 1. The predicted octanol–water partition coefficient (Wildman–Crippen LogP) is 5.20. The average molecular weight is 640 g/mol. The van der Waals surface area contributed by atoms with E-state index in [-0.39, 0.29) is 16.2 Å². The van der Waals surface area contributed by atoms with E-state index in [9.17, 15) is 16.8 Å². The maximum atomic E-state index is 15.2. The number of aromatic nitrogens is 3. The van der Waals surface area contributed by atoms with Crippen molar-refractivity contribution < 1.29 is 21.2 Å². The zero-order valence-electron chi connectivity index (χ0n) is 25.4. The molecule has 1 fully saturated rings. The number of nitrogens with zero attached hydrogens (tertiary/aromatic N) is 4. The molecule has 0 aliphatic heterocycles. The smallest absolute Gasteiger partial charge is 0.223 e. The van der Waals surface area contributed by atoms with Crippen LogP contribution in [-0.4, -0.2) is 69.1 Å². The molecule has 9 nitrogen and oxygen atoms in total. The number of benzene rings is 2. The number of fused-ring (bicyclic) bond motifs is 1. The van der Waals surface area contributed by atoms with Crippen LogP contribution in [-0.2, 0) is 37.6 Å². The van der Waals surface area contributed by atoms with E-state index in [4.69, 9.17) is 9.97 Å². The second-order valence-corrected chi connectivity index (χ2v) is 15.9. The molecular weight excluding hydrogens is 602 g/mol. The SMILES string of the molecule is CCc1cc(-c2ccc(CS(=O)(=O)Cc3ccc(S(C)(=O)=O)cc3)c(F)c2)nc2cnc(NC3CCC(N(C)C)CC3)nc12. The van der Waals surface area contributed by atoms with Crippen LogP contribution in [0.1, 0.15) is 49.3 Å². The van der Waals surface area contributed by atoms with Gasteiger partial charge >= 0.3 is 0 Å². The van der Waals surface area contributed by atoms with Crippen molar-refractivity contribution in [1.82, 2.24) is 19.9 Å². The van der Waals surface area contributed by atoms with Crippen LogP contribution in [0.2, 0.25) is 0 Å². The lowest BCUT2D eigenvalue weighted by Gasteiger charge is -2.32. The van der Waals surface area contributed by atoms with Gasteiger partial charge in [-0.3, -0.25) is 0 Å². The third-order valence-electron chi connectivity index (χ3n) is 8.23. The van der Waals surface area contributed by atoms with Crippen molar-refractivity contribution in [3.63, 3.8) is 0 Å². The van der Waals surface area contributed by atoms with Crippen LogP contribution < -0.4 is 5.32 Å². The monoisotopic (exact) mass is 639 g/mol. The molecule has 0 bridgehead atoms. The number of hydrogen-bond acceptors (Lipinski definition) is 9. The van der Waals surface area contributed by atoms with Crippen LogP contribution >= 0.6 is 0 Å². The molecule has 0 radical (unpaired) electrons. The summed E-state index contributed by atoms with van der Waals surface area (Å²) in [6.07, 6.45) is 7.85. The molecule has 44 heavy (non-hydrogen) atoms. The van der Waals surface area contributed by atoms with E-state index < -0.39 is 31.2 Å². The first kappa shape index (κ1) is 31.9. The Balaban J connectivity index is 1.31. The van der Waals surface area contributed by atoms with Crippen molar-refractivity contribution in [1.29, 1.82) is 0 Å². The molecule has 2 aromatic carbocycles. The van der Waals surface area contributed by atoms with Gasteiger partial charge in [-0.05, 0) is 81.6 Å². The Morgan fingerprint density at radius 3 is 2.23 bits per heavy atom. The molecule has 1 aliphatic carbocycles. The minimum atomic E-state index is -3.73. The summed E-state index contributed by atoms with van der Waals surface area (Å²) in [5.41, 5.74) is 3.88. The molecule has 0 amide bonds. The highest BCUT2D eigenvalue weighted by molar-refractivity contribution is 7.90. The molecule has 0 saturated heterocycles. The maximum absolute atomic E-state index is 15.2. The van der Waals surface area contributed by atoms with Crippen molar-refractivity contribution >= 4 is 36.7 Å². The molecule has 5 rings (SSSR count). The third-order valence-corrected chi connectivity index (χ3v) is 10.9. The third kappa shape index (κ3) is 7.59. The Bertz CT molecular complexity index is 1870. The Morgan fingerprint density at radius 2 is 1.61 bits per heavy atom. The van der Waals surface area contributed by atoms with Crippen LogP contribution in [0.5, 0.6) is 0 Å². The summed E-state index contributed by atoms with van der Waals surface area (Å²) in [6.45, 7) is 2.03. The summed E-state index contributed by atoms with van der Waals surface area (Å²) >= 11 is 0. The highest BCUT2D eigenvalue weighted by Gasteiger charge is 2.23. The Kier molecular flexibility index (Phi) is 9.33. The molecule has 0 atom stereocenters. The van der Waals surface area contributed by atoms with Gasteiger partial charge in [0.05, 0.1) is 33.8 Å². The molecule has 12 heteroatoms. The minimum absolute atomic E-state index is 0.0525. The largest absolute Gasteiger partial charge is 0.351 e. The van der Waals surface area contributed by atoms with E-state index in [0.29, 0.717) is 46.8 Å². The molecule has 2 aromatic heterocycles. The lowest BCUT2D eigenvalue weighted by atomic mass is 9.91. The Labute approximate surface area is 258 Å². The molecule has 1 saturated carbocycles. The first-order chi connectivity index (χ1) is 20.8. The van der Waals surface area contributed by atoms with E-state index in [1.807, 2.05) is 13.0 Å². The quantitative estimate of drug-likeness (QED) is 0.250. The molecule has 234 valence electrons. The second-order valence-electron chi connectivity index (χ2n) is 11.8. The molecule has 0 spiro atoms. The summed E-state index contributed by atoms with van der Waals surface area (Å²) in [5, 5.41) is 3.49. The van der Waals surface area contributed by atoms with Gasteiger partial charge in [-0.1, -0.05) is 31.2 Å². The fourth-order valence-electron chi connectivity index (χ4n) is 5.69. The summed E-state index contributed by atoms with van der Waals surface area (Å²) in [6, 6.07) is 12.9. The molecule has 1 aliphatic rings. The normalized spacial score (nSPS) is 17.7. The average Bonchev–Trinajstić information content (AvgIpc) is 2.97. The van der Waals surface area contributed by atoms with Crippen LogP contribution in [0.15, 0.2) is 59.6 Å². The Hall–Kier alpha value is -3.48. The van der Waals surface area contributed by atoms with E-state index in [1.165, 1.54) is 36.4 Å². The summed E-state index contributed by atoms with van der Waals surface area (Å²) < 4.78 is 64.3. The highest BCUT2D eigenvalue weighted by Crippen LogP contribution is 2.28. The van der Waals surface area contributed by atoms with Gasteiger partial charge in [-0.15, -0.1) is 0 Å². The van der Waals surface area contributed by atoms with Gasteiger partial charge in [0.15, 0.2) is 19.7 Å². The van der Waals surface area contributed by atoms with Gasteiger partial charge in [0, 0.05) is 29.5 Å². The molecule has 0 unspecified atom stereocenters. The van der Waals surface area contributed by atoms with Crippen molar-refractivity contribution in [3.05, 3.63) is 77.2 Å². The van der Waals surface area contributed by atoms with E-state index in [0.717, 1.165) is 43.0 Å². The highest BCUT2D eigenvalue weighted by atomic mass is 32.2. The number of rotatable bonds is 10. The lowest BCUT2D eigenvalue weighted by molar-refractivity contribution is 0.221. The zero-order valence-corrected chi connectivity index (χ0v) is 27.0. The Morgan fingerprint density at radius 1 is 0.909 bits per heavy atom. The molecule has 4 aromatic rings. The number of anilines is 1. The van der Waals surface area contributed by atoms with Gasteiger partial charge in [-0.2, -0.15) is 0 Å². The van der Waals surface area contributed by atoms with E-state index in [2.05, 4.69) is 29.3 Å². The fourth-order valence-corrected chi connectivity index (χ4v) is 7.83. The van der Waals surface area contributed by atoms with Crippen LogP contribution in [0.25, 0.3) is 22.3 Å². The molecule has 2 heterocycles. The van der Waals surface area contributed by atoms with Crippen molar-refractivity contribution in [3.8, 4) is 11.3 Å². The van der Waals surface area contributed by atoms with Crippen LogP contribution in [0, 0.1) is 5.82 Å². The number of halogens is 1. The van der Waals surface area contributed by atoms with Crippen molar-refractivity contribution in [2.75, 3.05) is 25.7 Å². The van der Waals surface area contributed by atoms with Gasteiger partial charge in [0.1, 0.15) is 11.3 Å². The predicted molar refractivity (Wildman–Crippen MR) is 171 cm³/mol. The second kappa shape index (κ2) is 12.9. The standard InChI is InChI=1S/C32H38FN5O4S2/c1-5-22-17-29(36-30-18-34-32(37-31(22)30)35-25-10-12-26(13-11-25)38(2)3)23-8-9-24(28(33)16-23)20-44(41,42)19-21-6-14-27(15-7-21)43(4,39)40/h6-9,14-18,25-26H,5,10-13,19-20H2,1-4H3,(H,34,35,37).